The van der Waals surface area contributed by atoms with Crippen LogP contribution < -0.4 is 5.73 Å². The summed E-state index contributed by atoms with van der Waals surface area (Å²) in [5.74, 6) is 0.672. The Kier molecular flexibility index (Phi) is 4.49. The smallest absolute Gasteiger partial charge is 0.183 e. The van der Waals surface area contributed by atoms with Crippen LogP contribution in [-0.2, 0) is 11.3 Å². The number of benzene rings is 1. The fourth-order valence-electron chi connectivity index (χ4n) is 1.82. The topological polar surface area (TPSA) is 78.8 Å². The summed E-state index contributed by atoms with van der Waals surface area (Å²) in [4.78, 5) is 0. The van der Waals surface area contributed by atoms with Gasteiger partial charge >= 0.3 is 0 Å². The van der Waals surface area contributed by atoms with Gasteiger partial charge in [0, 0.05) is 17.9 Å². The minimum absolute atomic E-state index is 0.0482. The molecule has 1 aromatic carbocycles. The van der Waals surface area contributed by atoms with Gasteiger partial charge in [-0.1, -0.05) is 6.07 Å². The lowest BCUT2D eigenvalue weighted by Crippen LogP contribution is -2.18. The maximum atomic E-state index is 5.88. The van der Waals surface area contributed by atoms with Crippen molar-refractivity contribution in [3.8, 4) is 11.4 Å². The minimum atomic E-state index is 0.0482. The average Bonchev–Trinajstić information content (AvgIpc) is 2.81. The molecule has 0 spiro atoms. The lowest BCUT2D eigenvalue weighted by molar-refractivity contribution is 0.0614. The molecule has 19 heavy (non-hydrogen) atoms. The zero-order valence-corrected chi connectivity index (χ0v) is 12.5. The molecule has 0 fully saturated rings. The molecule has 2 aromatic rings. The summed E-state index contributed by atoms with van der Waals surface area (Å²) in [5, 5.41) is 11.8. The van der Waals surface area contributed by atoms with Crippen molar-refractivity contribution < 1.29 is 4.74 Å². The van der Waals surface area contributed by atoms with E-state index in [0.29, 0.717) is 24.7 Å². The van der Waals surface area contributed by atoms with Gasteiger partial charge in [-0.2, -0.15) is 0 Å². The molecular weight excluding hydrogens is 310 g/mol. The van der Waals surface area contributed by atoms with Crippen molar-refractivity contribution in [2.24, 2.45) is 0 Å². The second kappa shape index (κ2) is 6.12. The summed E-state index contributed by atoms with van der Waals surface area (Å²) in [5.41, 5.74) is 7.40. The molecule has 1 unspecified atom stereocenters. The Morgan fingerprint density at radius 2 is 2.26 bits per heavy atom. The van der Waals surface area contributed by atoms with Gasteiger partial charge in [-0.3, -0.25) is 0 Å². The Bertz CT molecular complexity index is 557. The van der Waals surface area contributed by atoms with Gasteiger partial charge in [-0.15, -0.1) is 5.10 Å². The monoisotopic (exact) mass is 325 g/mol. The van der Waals surface area contributed by atoms with Crippen LogP contribution in [0, 0.1) is 0 Å². The van der Waals surface area contributed by atoms with Crippen molar-refractivity contribution in [2.75, 3.05) is 12.3 Å². The number of rotatable bonds is 5. The SMILES string of the molecule is CCOC(C)Cn1nnnc1-c1cccc(N)c1Br. The van der Waals surface area contributed by atoms with E-state index in [1.54, 1.807) is 4.68 Å². The summed E-state index contributed by atoms with van der Waals surface area (Å²) < 4.78 is 8.03. The van der Waals surface area contributed by atoms with Crippen molar-refractivity contribution in [1.82, 2.24) is 20.2 Å². The van der Waals surface area contributed by atoms with Crippen LogP contribution in [0.2, 0.25) is 0 Å². The largest absolute Gasteiger partial charge is 0.398 e. The van der Waals surface area contributed by atoms with Gasteiger partial charge in [0.25, 0.3) is 0 Å². The second-order valence-electron chi connectivity index (χ2n) is 4.16. The van der Waals surface area contributed by atoms with Crippen LogP contribution in [0.25, 0.3) is 11.4 Å². The third-order valence-electron chi connectivity index (χ3n) is 2.68. The Labute approximate surface area is 120 Å². The van der Waals surface area contributed by atoms with Gasteiger partial charge < -0.3 is 10.5 Å². The Morgan fingerprint density at radius 3 is 3.00 bits per heavy atom. The predicted octanol–water partition coefficient (Wildman–Crippen LogP) is 2.11. The molecule has 1 atom stereocenters. The number of halogens is 1. The van der Waals surface area contributed by atoms with Crippen molar-refractivity contribution in [1.29, 1.82) is 0 Å². The lowest BCUT2D eigenvalue weighted by Gasteiger charge is -2.13. The Morgan fingerprint density at radius 1 is 1.47 bits per heavy atom. The first-order valence-corrected chi connectivity index (χ1v) is 6.85. The second-order valence-corrected chi connectivity index (χ2v) is 4.95. The molecule has 1 heterocycles. The molecule has 0 saturated carbocycles. The third-order valence-corrected chi connectivity index (χ3v) is 3.57. The molecule has 2 rings (SSSR count). The van der Waals surface area contributed by atoms with Gasteiger partial charge in [0.2, 0.25) is 0 Å². The summed E-state index contributed by atoms with van der Waals surface area (Å²) in [6.07, 6.45) is 0.0482. The maximum Gasteiger partial charge on any atom is 0.183 e. The van der Waals surface area contributed by atoms with E-state index < -0.39 is 0 Å². The van der Waals surface area contributed by atoms with E-state index in [1.165, 1.54) is 0 Å². The highest BCUT2D eigenvalue weighted by Gasteiger charge is 2.15. The van der Waals surface area contributed by atoms with Crippen LogP contribution in [0.15, 0.2) is 22.7 Å². The van der Waals surface area contributed by atoms with Crippen molar-refractivity contribution in [3.05, 3.63) is 22.7 Å². The highest BCUT2D eigenvalue weighted by molar-refractivity contribution is 9.10. The van der Waals surface area contributed by atoms with Crippen LogP contribution >= 0.6 is 15.9 Å². The minimum Gasteiger partial charge on any atom is -0.398 e. The summed E-state index contributed by atoms with van der Waals surface area (Å²) in [6, 6.07) is 5.62. The Hall–Kier alpha value is -1.47. The molecule has 6 nitrogen and oxygen atoms in total. The molecule has 102 valence electrons. The molecule has 0 amide bonds. The maximum absolute atomic E-state index is 5.88. The van der Waals surface area contributed by atoms with Crippen LogP contribution in [0.4, 0.5) is 5.69 Å². The molecular formula is C12H16BrN5O. The van der Waals surface area contributed by atoms with Gasteiger partial charge in [0.1, 0.15) is 0 Å². The van der Waals surface area contributed by atoms with E-state index in [1.807, 2.05) is 32.0 Å². The number of tetrazole rings is 1. The fourth-order valence-corrected chi connectivity index (χ4v) is 2.27. The van der Waals surface area contributed by atoms with Gasteiger partial charge in [0.05, 0.1) is 17.1 Å². The van der Waals surface area contributed by atoms with Crippen molar-refractivity contribution in [2.45, 2.75) is 26.5 Å². The molecule has 0 bridgehead atoms. The van der Waals surface area contributed by atoms with Gasteiger partial charge in [0.15, 0.2) is 5.82 Å². The van der Waals surface area contributed by atoms with E-state index in [9.17, 15) is 0 Å². The quantitative estimate of drug-likeness (QED) is 0.852. The predicted molar refractivity (Wildman–Crippen MR) is 76.5 cm³/mol. The van der Waals surface area contributed by atoms with Gasteiger partial charge in [-0.25, -0.2) is 4.68 Å². The molecule has 7 heteroatoms. The standard InChI is InChI=1S/C12H16BrN5O/c1-3-19-8(2)7-18-12(15-16-17-18)9-5-4-6-10(14)11(9)13/h4-6,8H,3,7,14H2,1-2H3. The highest BCUT2D eigenvalue weighted by atomic mass is 79.9. The summed E-state index contributed by atoms with van der Waals surface area (Å²) in [6.45, 7) is 5.22. The van der Waals surface area contributed by atoms with E-state index in [4.69, 9.17) is 10.5 Å². The summed E-state index contributed by atoms with van der Waals surface area (Å²) >= 11 is 3.47. The molecule has 0 aliphatic heterocycles. The number of ether oxygens (including phenoxy) is 1. The normalized spacial score (nSPS) is 12.6. The van der Waals surface area contributed by atoms with E-state index >= 15 is 0 Å². The zero-order valence-electron chi connectivity index (χ0n) is 10.9. The average molecular weight is 326 g/mol. The molecule has 0 aliphatic carbocycles. The van der Waals surface area contributed by atoms with Crippen LogP contribution in [-0.4, -0.2) is 32.9 Å². The van der Waals surface area contributed by atoms with E-state index in [0.717, 1.165) is 10.0 Å². The first-order chi connectivity index (χ1) is 9.13. The molecule has 2 N–H and O–H groups in total. The van der Waals surface area contributed by atoms with E-state index in [2.05, 4.69) is 31.5 Å². The number of hydrogen-bond acceptors (Lipinski definition) is 5. The Balaban J connectivity index is 2.31. The molecule has 1 aromatic heterocycles. The number of nitrogens with zero attached hydrogens (tertiary/aromatic N) is 4. The first kappa shape index (κ1) is 14.0. The van der Waals surface area contributed by atoms with Crippen LogP contribution in [0.3, 0.4) is 0 Å². The summed E-state index contributed by atoms with van der Waals surface area (Å²) in [7, 11) is 0. The molecule has 0 aliphatic rings. The third kappa shape index (κ3) is 3.10. The van der Waals surface area contributed by atoms with Crippen LogP contribution in [0.1, 0.15) is 13.8 Å². The van der Waals surface area contributed by atoms with E-state index in [-0.39, 0.29) is 6.10 Å². The number of nitrogen functional groups attached to an aromatic ring is 1. The fraction of sp³-hybridized carbons (Fsp3) is 0.417. The molecule has 0 saturated heterocycles. The molecule has 0 radical (unpaired) electrons. The number of nitrogens with two attached hydrogens (primary N) is 1. The highest BCUT2D eigenvalue weighted by Crippen LogP contribution is 2.30. The van der Waals surface area contributed by atoms with Crippen molar-refractivity contribution >= 4 is 21.6 Å². The number of hydrogen-bond donors (Lipinski definition) is 1. The lowest BCUT2D eigenvalue weighted by atomic mass is 10.2. The number of aromatic nitrogens is 4. The van der Waals surface area contributed by atoms with Crippen molar-refractivity contribution in [3.63, 3.8) is 0 Å². The number of anilines is 1. The van der Waals surface area contributed by atoms with Gasteiger partial charge in [-0.05, 0) is 52.3 Å². The first-order valence-electron chi connectivity index (χ1n) is 6.05. The zero-order chi connectivity index (χ0) is 13.8. The van der Waals surface area contributed by atoms with Crippen LogP contribution in [0.5, 0.6) is 0 Å².